The molecule has 4 nitrogen and oxygen atoms in total. The van der Waals surface area contributed by atoms with Gasteiger partial charge in [0.15, 0.2) is 10.8 Å². The number of allylic oxidation sites excluding steroid dienone is 1. The maximum absolute atomic E-state index is 13.2. The molecule has 0 N–H and O–H groups in total. The Kier molecular flexibility index (Phi) is 4.74. The van der Waals surface area contributed by atoms with Crippen LogP contribution in [0.3, 0.4) is 0 Å². The van der Waals surface area contributed by atoms with Crippen LogP contribution in [0.25, 0.3) is 0 Å². The summed E-state index contributed by atoms with van der Waals surface area (Å²) in [6.07, 6.45) is -10.7. The smallest absolute Gasteiger partial charge is 0.409 e. The van der Waals surface area contributed by atoms with Crippen LogP contribution in [0.15, 0.2) is 36.4 Å². The van der Waals surface area contributed by atoms with Crippen LogP contribution in [-0.4, -0.2) is 18.3 Å². The van der Waals surface area contributed by atoms with E-state index in [1.54, 1.807) is 19.1 Å². The predicted molar refractivity (Wildman–Crippen MR) is 77.6 cm³/mol. The summed E-state index contributed by atoms with van der Waals surface area (Å²) >= 11 is 0. The van der Waals surface area contributed by atoms with Crippen molar-refractivity contribution >= 4 is 5.97 Å². The molecule has 0 radical (unpaired) electrons. The third kappa shape index (κ3) is 2.91. The molecule has 1 aliphatic rings. The number of aryl methyl sites for hydroxylation is 1. The van der Waals surface area contributed by atoms with Crippen LogP contribution in [0.5, 0.6) is 5.75 Å². The second-order valence-corrected chi connectivity index (χ2v) is 5.91. The van der Waals surface area contributed by atoms with Crippen molar-refractivity contribution in [1.29, 1.82) is 10.5 Å². The number of carbonyl (C=O) groups excluding carboxylic acids is 1. The lowest BCUT2D eigenvalue weighted by Crippen LogP contribution is -2.37. The molecule has 0 spiro atoms. The van der Waals surface area contributed by atoms with Gasteiger partial charge in [-0.3, -0.25) is 0 Å². The summed E-state index contributed by atoms with van der Waals surface area (Å²) in [6.45, 7) is 1.75. The Labute approximate surface area is 149 Å². The molecule has 0 bridgehead atoms. The van der Waals surface area contributed by atoms with E-state index in [9.17, 15) is 31.1 Å². The Morgan fingerprint density at radius 2 is 1.48 bits per heavy atom. The first-order valence-corrected chi connectivity index (χ1v) is 7.30. The lowest BCUT2D eigenvalue weighted by Gasteiger charge is -2.19. The lowest BCUT2D eigenvalue weighted by atomic mass is 9.94. The summed E-state index contributed by atoms with van der Waals surface area (Å²) in [4.78, 5) is 11.7. The van der Waals surface area contributed by atoms with Gasteiger partial charge in [0, 0.05) is 12.0 Å². The highest BCUT2D eigenvalue weighted by Crippen LogP contribution is 2.80. The number of alkyl halides is 6. The van der Waals surface area contributed by atoms with Gasteiger partial charge < -0.3 is 4.74 Å². The number of halogens is 6. The summed E-state index contributed by atoms with van der Waals surface area (Å²) < 4.78 is 84.2. The normalized spacial score (nSPS) is 27.7. The van der Waals surface area contributed by atoms with Gasteiger partial charge in [0.1, 0.15) is 5.75 Å². The van der Waals surface area contributed by atoms with E-state index in [2.05, 4.69) is 0 Å². The van der Waals surface area contributed by atoms with Gasteiger partial charge in [-0.2, -0.15) is 36.9 Å². The molecule has 0 aliphatic heterocycles. The molecular formula is C17H10F6N2O2. The van der Waals surface area contributed by atoms with E-state index in [0.29, 0.717) is 18.2 Å². The van der Waals surface area contributed by atoms with Crippen molar-refractivity contribution in [3.63, 3.8) is 0 Å². The van der Waals surface area contributed by atoms with Crippen molar-refractivity contribution in [2.24, 2.45) is 16.7 Å². The first-order valence-electron chi connectivity index (χ1n) is 7.30. The first kappa shape index (κ1) is 20.3. The lowest BCUT2D eigenvalue weighted by molar-refractivity contribution is -0.226. The molecule has 10 heteroatoms. The zero-order valence-corrected chi connectivity index (χ0v) is 13.5. The average Bonchev–Trinajstić information content (AvgIpc) is 3.19. The molecule has 0 amide bonds. The van der Waals surface area contributed by atoms with E-state index in [-0.39, 0.29) is 11.8 Å². The Balaban J connectivity index is 2.34. The van der Waals surface area contributed by atoms with Crippen molar-refractivity contribution < 1.29 is 35.9 Å². The molecule has 1 saturated carbocycles. The third-order valence-electron chi connectivity index (χ3n) is 4.38. The van der Waals surface area contributed by atoms with Crippen LogP contribution in [-0.2, 0) is 4.79 Å². The fourth-order valence-electron chi connectivity index (χ4n) is 2.97. The largest absolute Gasteiger partial charge is 0.423 e. The van der Waals surface area contributed by atoms with Crippen LogP contribution in [0.2, 0.25) is 0 Å². The van der Waals surface area contributed by atoms with Gasteiger partial charge in [-0.25, -0.2) is 4.79 Å². The van der Waals surface area contributed by atoms with E-state index in [4.69, 9.17) is 15.3 Å². The number of nitriles is 2. The maximum atomic E-state index is 13.2. The van der Waals surface area contributed by atoms with Crippen LogP contribution in [0.1, 0.15) is 5.56 Å². The molecule has 1 aliphatic carbocycles. The third-order valence-corrected chi connectivity index (χ3v) is 4.38. The molecule has 0 heterocycles. The summed E-state index contributed by atoms with van der Waals surface area (Å²) in [7, 11) is 0. The van der Waals surface area contributed by atoms with Crippen LogP contribution in [0, 0.1) is 46.3 Å². The van der Waals surface area contributed by atoms with Crippen LogP contribution in [0.4, 0.5) is 26.3 Å². The molecule has 2 rings (SSSR count). The Morgan fingerprint density at radius 3 is 1.85 bits per heavy atom. The van der Waals surface area contributed by atoms with Crippen LogP contribution >= 0.6 is 0 Å². The topological polar surface area (TPSA) is 73.9 Å². The fraction of sp³-hybridized carbons (Fsp3) is 0.353. The van der Waals surface area contributed by atoms with Gasteiger partial charge >= 0.3 is 18.3 Å². The maximum Gasteiger partial charge on any atom is 0.409 e. The minimum atomic E-state index is -5.64. The molecule has 142 valence electrons. The number of rotatable bonds is 3. The zero-order valence-electron chi connectivity index (χ0n) is 13.5. The minimum absolute atomic E-state index is 0.0239. The van der Waals surface area contributed by atoms with Crippen molar-refractivity contribution in [3.05, 3.63) is 42.0 Å². The number of hydrogen-bond acceptors (Lipinski definition) is 4. The van der Waals surface area contributed by atoms with Gasteiger partial charge in [0.25, 0.3) is 0 Å². The van der Waals surface area contributed by atoms with Gasteiger partial charge in [-0.1, -0.05) is 23.8 Å². The van der Waals surface area contributed by atoms with E-state index in [1.807, 2.05) is 0 Å². The summed E-state index contributed by atoms with van der Waals surface area (Å²) in [5.41, 5.74) is -7.15. The SMILES string of the molecule is Cc1ccc(OC(=O)/C=C\C2[C@@](C#N)(C(F)(F)F)[C@]2(C#N)C(F)(F)F)cc1. The molecule has 1 fully saturated rings. The van der Waals surface area contributed by atoms with Gasteiger partial charge in [0.05, 0.1) is 12.1 Å². The molecule has 0 unspecified atom stereocenters. The van der Waals surface area contributed by atoms with Gasteiger partial charge in [-0.05, 0) is 19.1 Å². The standard InChI is InChI=1S/C17H10F6N2O2/c1-10-2-4-11(5-3-10)27-13(26)7-6-12-14(8-24,16(18,19)20)15(12,9-25)17(21,22)23/h2-7,12H,1H3/b7-6-/t14-,15-/m1/s1. The molecule has 2 atom stereocenters. The number of nitrogens with zero attached hydrogens (tertiary/aromatic N) is 2. The van der Waals surface area contributed by atoms with E-state index in [1.165, 1.54) is 12.1 Å². The molecule has 0 saturated heterocycles. The number of ether oxygens (including phenoxy) is 1. The molecule has 1 aromatic carbocycles. The highest BCUT2D eigenvalue weighted by atomic mass is 19.4. The van der Waals surface area contributed by atoms with Gasteiger partial charge in [0.2, 0.25) is 0 Å². The molecular weight excluding hydrogens is 378 g/mol. The van der Waals surface area contributed by atoms with Crippen molar-refractivity contribution in [1.82, 2.24) is 0 Å². The second kappa shape index (κ2) is 6.31. The molecule has 27 heavy (non-hydrogen) atoms. The van der Waals surface area contributed by atoms with Gasteiger partial charge in [-0.15, -0.1) is 0 Å². The van der Waals surface area contributed by atoms with E-state index >= 15 is 0 Å². The average molecular weight is 388 g/mol. The van der Waals surface area contributed by atoms with Crippen molar-refractivity contribution in [3.8, 4) is 17.9 Å². The number of hydrogen-bond donors (Lipinski definition) is 0. The number of benzene rings is 1. The first-order chi connectivity index (χ1) is 12.4. The minimum Gasteiger partial charge on any atom is -0.423 e. The van der Waals surface area contributed by atoms with E-state index in [0.717, 1.165) is 5.56 Å². The number of esters is 1. The zero-order chi connectivity index (χ0) is 20.7. The summed E-state index contributed by atoms with van der Waals surface area (Å²) in [6, 6.07) is 7.10. The molecule has 1 aromatic rings. The predicted octanol–water partition coefficient (Wildman–Crippen LogP) is 4.23. The van der Waals surface area contributed by atoms with Crippen molar-refractivity contribution in [2.75, 3.05) is 0 Å². The Bertz CT molecular complexity index is 822. The Hall–Kier alpha value is -3.01. The van der Waals surface area contributed by atoms with E-state index < -0.39 is 35.1 Å². The quantitative estimate of drug-likeness (QED) is 0.336. The second-order valence-electron chi connectivity index (χ2n) is 5.91. The molecule has 0 aromatic heterocycles. The Morgan fingerprint density at radius 1 is 1.04 bits per heavy atom. The fourth-order valence-corrected chi connectivity index (χ4v) is 2.97. The highest BCUT2D eigenvalue weighted by Gasteiger charge is 2.96. The monoisotopic (exact) mass is 388 g/mol. The highest BCUT2D eigenvalue weighted by molar-refractivity contribution is 5.84. The summed E-state index contributed by atoms with van der Waals surface area (Å²) in [5, 5.41) is 17.7. The van der Waals surface area contributed by atoms with Crippen molar-refractivity contribution in [2.45, 2.75) is 19.3 Å². The summed E-state index contributed by atoms with van der Waals surface area (Å²) in [5.74, 6) is -3.81. The van der Waals surface area contributed by atoms with Crippen LogP contribution < -0.4 is 4.74 Å². The number of carbonyl (C=O) groups is 1.